The molecule has 0 bridgehead atoms. The Labute approximate surface area is 169 Å². The second-order valence-electron chi connectivity index (χ2n) is 7.52. The molecule has 2 atom stereocenters. The van der Waals surface area contributed by atoms with Gasteiger partial charge in [-0.05, 0) is 24.1 Å². The van der Waals surface area contributed by atoms with Crippen LogP contribution in [0.25, 0.3) is 11.3 Å². The minimum Gasteiger partial charge on any atom is -0.364 e. The number of hydrogen-bond acceptors (Lipinski definition) is 5. The van der Waals surface area contributed by atoms with Crippen LogP contribution in [0.1, 0.15) is 12.0 Å². The van der Waals surface area contributed by atoms with Gasteiger partial charge in [-0.15, -0.1) is 10.2 Å². The molecule has 29 heavy (non-hydrogen) atoms. The molecule has 3 aromatic rings. The Morgan fingerprint density at radius 2 is 1.72 bits per heavy atom. The summed E-state index contributed by atoms with van der Waals surface area (Å²) >= 11 is 0. The van der Waals surface area contributed by atoms with E-state index in [1.165, 1.54) is 0 Å². The fourth-order valence-electron chi connectivity index (χ4n) is 4.32. The van der Waals surface area contributed by atoms with Crippen molar-refractivity contribution in [1.82, 2.24) is 15.5 Å². The molecular weight excluding hydrogens is 364 g/mol. The van der Waals surface area contributed by atoms with Gasteiger partial charge in [0.2, 0.25) is 5.91 Å². The van der Waals surface area contributed by atoms with Crippen molar-refractivity contribution >= 4 is 11.7 Å². The van der Waals surface area contributed by atoms with Crippen molar-refractivity contribution in [1.29, 1.82) is 0 Å². The number of rotatable bonds is 3. The fourth-order valence-corrected chi connectivity index (χ4v) is 4.32. The van der Waals surface area contributed by atoms with Gasteiger partial charge in [0.25, 0.3) is 0 Å². The van der Waals surface area contributed by atoms with Crippen molar-refractivity contribution in [2.24, 2.45) is 0 Å². The summed E-state index contributed by atoms with van der Waals surface area (Å²) in [6.07, 6.45) is 0.599. The van der Waals surface area contributed by atoms with Gasteiger partial charge in [-0.25, -0.2) is 0 Å². The molecule has 0 unspecified atom stereocenters. The molecule has 0 spiro atoms. The lowest BCUT2D eigenvalue weighted by Crippen LogP contribution is -2.66. The third kappa shape index (κ3) is 3.25. The van der Waals surface area contributed by atoms with E-state index in [2.05, 4.69) is 32.5 Å². The lowest BCUT2D eigenvalue weighted by Gasteiger charge is -2.50. The van der Waals surface area contributed by atoms with Gasteiger partial charge in [0.1, 0.15) is 12.7 Å². The SMILES string of the molecule is O=C1CO[C@@H]2CN(c3ccc(-c4ccccc4)nn3)CC[C@@]2(c2ccccc2)N1. The Morgan fingerprint density at radius 1 is 0.966 bits per heavy atom. The summed E-state index contributed by atoms with van der Waals surface area (Å²) in [4.78, 5) is 14.3. The highest BCUT2D eigenvalue weighted by Gasteiger charge is 2.49. The van der Waals surface area contributed by atoms with Crippen LogP contribution in [-0.4, -0.2) is 41.9 Å². The standard InChI is InChI=1S/C23H22N4O2/c28-22-16-29-20-15-27(14-13-23(20,24-22)18-9-5-2-6-10-18)21-12-11-19(25-26-21)17-7-3-1-4-8-17/h1-12,20H,13-16H2,(H,24,28)/t20-,23+/m1/s1. The number of carbonyl (C=O) groups excluding carboxylic acids is 1. The highest BCUT2D eigenvalue weighted by molar-refractivity contribution is 5.79. The van der Waals surface area contributed by atoms with E-state index in [-0.39, 0.29) is 18.6 Å². The number of nitrogens with one attached hydrogen (secondary N) is 1. The second-order valence-corrected chi connectivity index (χ2v) is 7.52. The third-order valence-electron chi connectivity index (χ3n) is 5.82. The molecular formula is C23H22N4O2. The first-order valence-corrected chi connectivity index (χ1v) is 9.87. The molecule has 5 rings (SSSR count). The maximum Gasteiger partial charge on any atom is 0.246 e. The lowest BCUT2D eigenvalue weighted by molar-refractivity contribution is -0.146. The van der Waals surface area contributed by atoms with Gasteiger partial charge in [-0.2, -0.15) is 0 Å². The number of fused-ring (bicyclic) bond motifs is 1. The molecule has 0 saturated carbocycles. The maximum atomic E-state index is 12.1. The minimum absolute atomic E-state index is 0.0643. The number of piperidine rings is 1. The monoisotopic (exact) mass is 386 g/mol. The third-order valence-corrected chi connectivity index (χ3v) is 5.82. The number of ether oxygens (including phenoxy) is 1. The zero-order chi connectivity index (χ0) is 19.7. The van der Waals surface area contributed by atoms with E-state index in [4.69, 9.17) is 4.74 Å². The van der Waals surface area contributed by atoms with E-state index in [1.807, 2.05) is 60.7 Å². The largest absolute Gasteiger partial charge is 0.364 e. The lowest BCUT2D eigenvalue weighted by atomic mass is 9.77. The second kappa shape index (κ2) is 7.29. The van der Waals surface area contributed by atoms with E-state index < -0.39 is 5.54 Å². The Bertz CT molecular complexity index is 994. The summed E-state index contributed by atoms with van der Waals surface area (Å²) < 4.78 is 5.99. The summed E-state index contributed by atoms with van der Waals surface area (Å²) in [5.74, 6) is 0.761. The molecule has 6 heteroatoms. The molecule has 1 amide bonds. The van der Waals surface area contributed by atoms with Crippen molar-refractivity contribution in [2.75, 3.05) is 24.6 Å². The molecule has 2 aliphatic heterocycles. The fraction of sp³-hybridized carbons (Fsp3) is 0.261. The zero-order valence-corrected chi connectivity index (χ0v) is 16.0. The van der Waals surface area contributed by atoms with Crippen LogP contribution in [0.2, 0.25) is 0 Å². The summed E-state index contributed by atoms with van der Waals surface area (Å²) in [6, 6.07) is 24.1. The maximum absolute atomic E-state index is 12.1. The normalized spacial score (nSPS) is 23.9. The molecule has 0 aliphatic carbocycles. The Kier molecular flexibility index (Phi) is 4.48. The quantitative estimate of drug-likeness (QED) is 0.750. The summed E-state index contributed by atoms with van der Waals surface area (Å²) in [5, 5.41) is 12.1. The molecule has 2 saturated heterocycles. The van der Waals surface area contributed by atoms with Crippen LogP contribution in [0.15, 0.2) is 72.8 Å². The molecule has 2 aliphatic rings. The zero-order valence-electron chi connectivity index (χ0n) is 16.0. The van der Waals surface area contributed by atoms with Crippen LogP contribution in [0.3, 0.4) is 0 Å². The number of anilines is 1. The van der Waals surface area contributed by atoms with E-state index >= 15 is 0 Å². The van der Waals surface area contributed by atoms with E-state index in [9.17, 15) is 4.79 Å². The highest BCUT2D eigenvalue weighted by Crippen LogP contribution is 2.38. The van der Waals surface area contributed by atoms with Crippen LogP contribution < -0.4 is 10.2 Å². The summed E-state index contributed by atoms with van der Waals surface area (Å²) in [7, 11) is 0. The van der Waals surface area contributed by atoms with Crippen LogP contribution in [-0.2, 0) is 15.1 Å². The predicted octanol–water partition coefficient (Wildman–Crippen LogP) is 2.76. The van der Waals surface area contributed by atoms with Crippen LogP contribution in [0.5, 0.6) is 0 Å². The Balaban J connectivity index is 1.39. The molecule has 6 nitrogen and oxygen atoms in total. The number of aromatic nitrogens is 2. The van der Waals surface area contributed by atoms with E-state index in [0.717, 1.165) is 35.6 Å². The number of morpholine rings is 1. The first-order valence-electron chi connectivity index (χ1n) is 9.87. The smallest absolute Gasteiger partial charge is 0.246 e. The van der Waals surface area contributed by atoms with E-state index in [1.54, 1.807) is 0 Å². The molecule has 3 heterocycles. The summed E-state index contributed by atoms with van der Waals surface area (Å²) in [6.45, 7) is 1.49. The van der Waals surface area contributed by atoms with Crippen molar-refractivity contribution in [2.45, 2.75) is 18.1 Å². The van der Waals surface area contributed by atoms with Crippen molar-refractivity contribution in [3.63, 3.8) is 0 Å². The molecule has 146 valence electrons. The van der Waals surface area contributed by atoms with Gasteiger partial charge in [0.05, 0.1) is 11.2 Å². The summed E-state index contributed by atoms with van der Waals surface area (Å²) in [5.41, 5.74) is 2.49. The number of hydrogen-bond donors (Lipinski definition) is 1. The predicted molar refractivity (Wildman–Crippen MR) is 110 cm³/mol. The molecule has 1 aromatic heterocycles. The van der Waals surface area contributed by atoms with Crippen molar-refractivity contribution in [3.05, 3.63) is 78.4 Å². The van der Waals surface area contributed by atoms with Gasteiger partial charge >= 0.3 is 0 Å². The van der Waals surface area contributed by atoms with Crippen LogP contribution in [0.4, 0.5) is 5.82 Å². The number of benzene rings is 2. The van der Waals surface area contributed by atoms with Gasteiger partial charge in [-0.1, -0.05) is 60.7 Å². The van der Waals surface area contributed by atoms with E-state index in [0.29, 0.717) is 6.54 Å². The van der Waals surface area contributed by atoms with Gasteiger partial charge in [-0.3, -0.25) is 4.79 Å². The van der Waals surface area contributed by atoms with Crippen molar-refractivity contribution in [3.8, 4) is 11.3 Å². The molecule has 1 N–H and O–H groups in total. The average Bonchev–Trinajstić information content (AvgIpc) is 2.80. The van der Waals surface area contributed by atoms with Crippen LogP contribution in [0, 0.1) is 0 Å². The number of carbonyl (C=O) groups is 1. The number of nitrogens with zero attached hydrogens (tertiary/aromatic N) is 3. The molecule has 2 aromatic carbocycles. The van der Waals surface area contributed by atoms with Crippen LogP contribution >= 0.6 is 0 Å². The Hall–Kier alpha value is -3.25. The molecule has 0 radical (unpaired) electrons. The first kappa shape index (κ1) is 17.8. The van der Waals surface area contributed by atoms with Gasteiger partial charge in [0, 0.05) is 18.7 Å². The Morgan fingerprint density at radius 3 is 2.45 bits per heavy atom. The van der Waals surface area contributed by atoms with Crippen molar-refractivity contribution < 1.29 is 9.53 Å². The molecule has 2 fully saturated rings. The highest BCUT2D eigenvalue weighted by atomic mass is 16.5. The first-order chi connectivity index (χ1) is 14.2. The number of amides is 1. The minimum atomic E-state index is -0.496. The topological polar surface area (TPSA) is 67.3 Å². The van der Waals surface area contributed by atoms with Gasteiger partial charge < -0.3 is 15.0 Å². The van der Waals surface area contributed by atoms with Gasteiger partial charge in [0.15, 0.2) is 5.82 Å². The average molecular weight is 386 g/mol.